The van der Waals surface area contributed by atoms with Crippen LogP contribution in [0.2, 0.25) is 0 Å². The van der Waals surface area contributed by atoms with Crippen molar-refractivity contribution < 1.29 is 69.0 Å². The molecule has 2 fully saturated rings. The molecule has 0 aliphatic carbocycles. The number of carbonyl (C=O) groups is 1. The monoisotopic (exact) mass is 1170 g/mol. The van der Waals surface area contributed by atoms with Crippen molar-refractivity contribution in [2.75, 3.05) is 33.0 Å². The predicted octanol–water partition coefficient (Wildman–Crippen LogP) is 13.5. The van der Waals surface area contributed by atoms with Crippen LogP contribution in [0.25, 0.3) is 0 Å². The van der Waals surface area contributed by atoms with Gasteiger partial charge in [-0.3, -0.25) is 4.79 Å². The van der Waals surface area contributed by atoms with Gasteiger partial charge in [-0.1, -0.05) is 234 Å². The van der Waals surface area contributed by atoms with Gasteiger partial charge in [0.05, 0.1) is 26.4 Å². The van der Waals surface area contributed by atoms with Gasteiger partial charge in [0.15, 0.2) is 12.6 Å². The van der Waals surface area contributed by atoms with Gasteiger partial charge >= 0.3 is 5.97 Å². The van der Waals surface area contributed by atoms with E-state index in [1.807, 2.05) is 0 Å². The lowest BCUT2D eigenvalue weighted by atomic mass is 9.98. The lowest BCUT2D eigenvalue weighted by Crippen LogP contribution is -2.61. The van der Waals surface area contributed by atoms with Crippen molar-refractivity contribution in [1.82, 2.24) is 0 Å². The molecule has 11 atom stereocenters. The minimum absolute atomic E-state index is 0.0543. The van der Waals surface area contributed by atoms with E-state index in [4.69, 9.17) is 28.4 Å². The average molecular weight is 1170 g/mol. The molecule has 0 spiro atoms. The molecule has 0 saturated carbocycles. The van der Waals surface area contributed by atoms with Crippen LogP contribution in [0.5, 0.6) is 0 Å². The van der Waals surface area contributed by atoms with E-state index in [0.29, 0.717) is 13.0 Å². The Labute approximate surface area is 503 Å². The first-order valence-electron chi connectivity index (χ1n) is 33.2. The number of aliphatic hydroxyl groups excluding tert-OH is 7. The predicted molar refractivity (Wildman–Crippen MR) is 335 cm³/mol. The number of hydrogen-bond acceptors (Lipinski definition) is 14. The van der Waals surface area contributed by atoms with E-state index in [2.05, 4.69) is 98.9 Å². The summed E-state index contributed by atoms with van der Waals surface area (Å²) in [6.07, 6.45) is 56.4. The summed E-state index contributed by atoms with van der Waals surface area (Å²) in [7, 11) is 0. The third-order valence-electron chi connectivity index (χ3n) is 15.4. The number of unbranched alkanes of at least 4 members (excludes halogenated alkanes) is 26. The highest BCUT2D eigenvalue weighted by Gasteiger charge is 2.47. The highest BCUT2D eigenvalue weighted by atomic mass is 16.7. The third-order valence-corrected chi connectivity index (χ3v) is 15.4. The number of allylic oxidation sites excluding steroid dienone is 14. The Bertz CT molecular complexity index is 1690. The number of hydrogen-bond donors (Lipinski definition) is 7. The molecule has 14 heteroatoms. The van der Waals surface area contributed by atoms with E-state index in [1.54, 1.807) is 0 Å². The molecule has 11 unspecified atom stereocenters. The Morgan fingerprint density at radius 1 is 0.410 bits per heavy atom. The first-order valence-corrected chi connectivity index (χ1v) is 33.2. The van der Waals surface area contributed by atoms with Gasteiger partial charge in [0.25, 0.3) is 0 Å². The van der Waals surface area contributed by atoms with Crippen molar-refractivity contribution in [3.8, 4) is 0 Å². The first-order chi connectivity index (χ1) is 40.6. The topological polar surface area (TPSA) is 214 Å². The van der Waals surface area contributed by atoms with Gasteiger partial charge in [-0.15, -0.1) is 0 Å². The molecule has 0 aromatic rings. The third kappa shape index (κ3) is 40.3. The quantitative estimate of drug-likeness (QED) is 0.0171. The summed E-state index contributed by atoms with van der Waals surface area (Å²) in [5, 5.41) is 72.6. The highest BCUT2D eigenvalue weighted by molar-refractivity contribution is 5.69. The maximum absolute atomic E-state index is 13.1. The van der Waals surface area contributed by atoms with Gasteiger partial charge in [-0.25, -0.2) is 0 Å². The lowest BCUT2D eigenvalue weighted by molar-refractivity contribution is -0.332. The van der Waals surface area contributed by atoms with E-state index in [9.17, 15) is 40.5 Å². The van der Waals surface area contributed by atoms with Crippen LogP contribution < -0.4 is 0 Å². The van der Waals surface area contributed by atoms with Crippen molar-refractivity contribution >= 4 is 5.97 Å². The van der Waals surface area contributed by atoms with E-state index in [1.165, 1.54) is 135 Å². The largest absolute Gasteiger partial charge is 0.457 e. The van der Waals surface area contributed by atoms with Crippen LogP contribution in [-0.2, 0) is 33.2 Å². The molecule has 2 saturated heterocycles. The fraction of sp³-hybridized carbons (Fsp3) is 0.783. The Hall–Kier alpha value is -2.83. The molecule has 14 nitrogen and oxygen atoms in total. The van der Waals surface area contributed by atoms with Crippen molar-refractivity contribution in [3.63, 3.8) is 0 Å². The molecule has 7 N–H and O–H groups in total. The van der Waals surface area contributed by atoms with Crippen LogP contribution in [0, 0.1) is 0 Å². The molecule has 0 radical (unpaired) electrons. The molecule has 2 rings (SSSR count). The molecular weight excluding hydrogens is 1050 g/mol. The summed E-state index contributed by atoms with van der Waals surface area (Å²) in [6.45, 7) is 3.57. The Balaban J connectivity index is 1.67. The summed E-state index contributed by atoms with van der Waals surface area (Å²) in [4.78, 5) is 13.1. The average Bonchev–Trinajstić information content (AvgIpc) is 3.69. The maximum Gasteiger partial charge on any atom is 0.306 e. The van der Waals surface area contributed by atoms with Gasteiger partial charge < -0.3 is 64.2 Å². The second-order valence-corrected chi connectivity index (χ2v) is 22.9. The molecule has 0 aromatic heterocycles. The van der Waals surface area contributed by atoms with Gasteiger partial charge in [0, 0.05) is 13.0 Å². The standard InChI is InChI=1S/C69H120O14/c1-3-5-7-9-11-13-15-17-19-21-23-25-27-28-29-31-33-35-37-39-41-43-45-47-49-51-53-78-55-58(56-79-68-67(77)65(75)63(73)60(83-68)57-80-69-66(76)64(74)62(72)59(54-70)82-69)81-61(71)52-50-48-46-44-42-40-38-36-34-32-30-26-24-22-20-18-16-14-12-10-8-6-4-2/h5,7,11,13,16-19,22-25,30,32,58-60,62-70,72-77H,3-4,6,8-10,12,14-15,20-21,26-29,31,33-57H2,1-2H3/b7-5-,13-11-,18-16-,19-17-,24-22-,25-23-,32-30-. The van der Waals surface area contributed by atoms with E-state index < -0.39 is 80.7 Å². The zero-order chi connectivity index (χ0) is 60.1. The molecule has 480 valence electrons. The molecule has 2 aliphatic rings. The molecule has 2 aliphatic heterocycles. The Kier molecular flexibility index (Phi) is 50.1. The van der Waals surface area contributed by atoms with E-state index >= 15 is 0 Å². The number of carbonyl (C=O) groups excluding carboxylic acids is 1. The molecule has 2 heterocycles. The van der Waals surface area contributed by atoms with E-state index in [0.717, 1.165) is 83.5 Å². The lowest BCUT2D eigenvalue weighted by Gasteiger charge is -2.42. The number of aliphatic hydroxyl groups is 7. The van der Waals surface area contributed by atoms with Crippen LogP contribution in [0.1, 0.15) is 245 Å². The van der Waals surface area contributed by atoms with Crippen LogP contribution in [0.15, 0.2) is 85.1 Å². The normalized spacial score (nSPS) is 24.0. The maximum atomic E-state index is 13.1. The summed E-state index contributed by atoms with van der Waals surface area (Å²) in [5.74, 6) is -0.383. The van der Waals surface area contributed by atoms with Crippen LogP contribution >= 0.6 is 0 Å². The zero-order valence-corrected chi connectivity index (χ0v) is 51.9. The van der Waals surface area contributed by atoms with Crippen molar-refractivity contribution in [2.24, 2.45) is 0 Å². The molecule has 0 aromatic carbocycles. The highest BCUT2D eigenvalue weighted by Crippen LogP contribution is 2.27. The van der Waals surface area contributed by atoms with E-state index in [-0.39, 0.29) is 25.6 Å². The first kappa shape index (κ1) is 76.3. The number of esters is 1. The molecule has 0 bridgehead atoms. The molecular formula is C69H120O14. The van der Waals surface area contributed by atoms with Gasteiger partial charge in [-0.2, -0.15) is 0 Å². The summed E-state index contributed by atoms with van der Waals surface area (Å²) < 4.78 is 34.5. The summed E-state index contributed by atoms with van der Waals surface area (Å²) >= 11 is 0. The number of rotatable bonds is 54. The Morgan fingerprint density at radius 2 is 0.783 bits per heavy atom. The minimum Gasteiger partial charge on any atom is -0.457 e. The van der Waals surface area contributed by atoms with Crippen LogP contribution in [0.3, 0.4) is 0 Å². The van der Waals surface area contributed by atoms with Crippen LogP contribution in [-0.4, -0.2) is 142 Å². The number of ether oxygens (including phenoxy) is 6. The fourth-order valence-corrected chi connectivity index (χ4v) is 10.1. The second-order valence-electron chi connectivity index (χ2n) is 22.9. The molecule has 83 heavy (non-hydrogen) atoms. The second kappa shape index (κ2) is 54.6. The van der Waals surface area contributed by atoms with Gasteiger partial charge in [-0.05, 0) is 89.9 Å². The van der Waals surface area contributed by atoms with Gasteiger partial charge in [0.2, 0.25) is 0 Å². The van der Waals surface area contributed by atoms with Crippen molar-refractivity contribution in [1.29, 1.82) is 0 Å². The smallest absolute Gasteiger partial charge is 0.306 e. The minimum atomic E-state index is -1.71. The van der Waals surface area contributed by atoms with Crippen molar-refractivity contribution in [2.45, 2.75) is 313 Å². The Morgan fingerprint density at radius 3 is 1.23 bits per heavy atom. The molecule has 0 amide bonds. The fourth-order valence-electron chi connectivity index (χ4n) is 10.1. The summed E-state index contributed by atoms with van der Waals surface area (Å²) in [5.41, 5.74) is 0. The zero-order valence-electron chi connectivity index (χ0n) is 51.9. The van der Waals surface area contributed by atoms with Gasteiger partial charge in [0.1, 0.15) is 54.9 Å². The summed E-state index contributed by atoms with van der Waals surface area (Å²) in [6, 6.07) is 0. The SMILES string of the molecule is CC/C=C\C/C=C\C/C=C\C/C=C\CCCCCCCCCCCCCCCOCC(COC1OC(COC2OC(CO)C(O)C(O)C2O)C(O)C(O)C1O)OC(=O)CCCCCCCCCC/C=C\C/C=C\C/C=C\CCCCCCC. The van der Waals surface area contributed by atoms with Crippen molar-refractivity contribution in [3.05, 3.63) is 85.1 Å². The van der Waals surface area contributed by atoms with Crippen LogP contribution in [0.4, 0.5) is 0 Å².